The highest BCUT2D eigenvalue weighted by Crippen LogP contribution is 2.19. The molecule has 188 valence electrons. The third-order valence-corrected chi connectivity index (χ3v) is 4.65. The van der Waals surface area contributed by atoms with E-state index in [-0.39, 0.29) is 31.9 Å². The van der Waals surface area contributed by atoms with Crippen molar-refractivity contribution in [3.63, 3.8) is 0 Å². The average Bonchev–Trinajstić information content (AvgIpc) is 2.67. The Morgan fingerprint density at radius 2 is 1.47 bits per heavy atom. The molecule has 1 aliphatic rings. The van der Waals surface area contributed by atoms with Gasteiger partial charge in [0.1, 0.15) is 11.2 Å². The Kier molecular flexibility index (Phi) is 8.41. The van der Waals surface area contributed by atoms with Gasteiger partial charge in [-0.3, -0.25) is 0 Å². The van der Waals surface area contributed by atoms with Gasteiger partial charge in [0.2, 0.25) is 5.96 Å². The number of aliphatic imine (C=N–C) groups is 1. The van der Waals surface area contributed by atoms with Crippen LogP contribution in [-0.4, -0.2) is 82.4 Å². The number of halogens is 1. The summed E-state index contributed by atoms with van der Waals surface area (Å²) < 4.78 is 11.0. The molecule has 1 heterocycles. The molecule has 1 saturated heterocycles. The molecule has 0 aliphatic carbocycles. The number of amides is 4. The molecule has 1 fully saturated rings. The van der Waals surface area contributed by atoms with Gasteiger partial charge in [-0.2, -0.15) is 0 Å². The van der Waals surface area contributed by atoms with Crippen LogP contribution in [0.15, 0.2) is 29.3 Å². The molecule has 0 atom stereocenters. The van der Waals surface area contributed by atoms with Gasteiger partial charge < -0.3 is 24.2 Å². The minimum atomic E-state index is -0.866. The van der Waals surface area contributed by atoms with E-state index in [0.717, 1.165) is 5.56 Å². The monoisotopic (exact) mass is 495 g/mol. The van der Waals surface area contributed by atoms with Crippen molar-refractivity contribution in [1.82, 2.24) is 19.6 Å². The van der Waals surface area contributed by atoms with Crippen molar-refractivity contribution in [1.29, 1.82) is 0 Å². The van der Waals surface area contributed by atoms with Crippen molar-refractivity contribution in [2.24, 2.45) is 4.99 Å². The van der Waals surface area contributed by atoms with E-state index >= 15 is 0 Å². The first kappa shape index (κ1) is 27.2. The number of carbonyl (C=O) groups excluding carboxylic acids is 3. The lowest BCUT2D eigenvalue weighted by atomic mass is 10.2. The van der Waals surface area contributed by atoms with Crippen LogP contribution in [0.3, 0.4) is 0 Å². The molecule has 0 saturated carbocycles. The molecule has 0 bridgehead atoms. The van der Waals surface area contributed by atoms with Gasteiger partial charge in [0, 0.05) is 19.1 Å². The number of hydrogen-bond acceptors (Lipinski definition) is 5. The van der Waals surface area contributed by atoms with Gasteiger partial charge in [-0.1, -0.05) is 23.7 Å². The van der Waals surface area contributed by atoms with Gasteiger partial charge in [0.25, 0.3) is 0 Å². The SMILES string of the molecule is CN1CN(C(=NC(=O)OC(C)(C)C)N(Cc2ccc(Cl)cc2)C(=O)OC(C)(C)C)CN(C)C1=O. The van der Waals surface area contributed by atoms with E-state index in [1.54, 1.807) is 84.8 Å². The van der Waals surface area contributed by atoms with E-state index in [2.05, 4.69) is 4.99 Å². The van der Waals surface area contributed by atoms with Crippen LogP contribution in [0, 0.1) is 0 Å². The minimum Gasteiger partial charge on any atom is -0.443 e. The first-order valence-corrected chi connectivity index (χ1v) is 11.2. The lowest BCUT2D eigenvalue weighted by molar-refractivity contribution is 0.0300. The summed E-state index contributed by atoms with van der Waals surface area (Å²) in [7, 11) is 3.24. The molecule has 1 aromatic carbocycles. The number of rotatable bonds is 2. The van der Waals surface area contributed by atoms with Crippen molar-refractivity contribution in [3.05, 3.63) is 34.9 Å². The number of carbonyl (C=O) groups is 3. The molecule has 2 rings (SSSR count). The molecule has 1 aromatic rings. The normalized spacial score (nSPS) is 15.4. The highest BCUT2D eigenvalue weighted by Gasteiger charge is 2.35. The Labute approximate surface area is 206 Å². The Bertz CT molecular complexity index is 923. The molecule has 0 N–H and O–H groups in total. The van der Waals surface area contributed by atoms with E-state index < -0.39 is 23.4 Å². The summed E-state index contributed by atoms with van der Waals surface area (Å²) in [4.78, 5) is 48.3. The number of nitrogens with zero attached hydrogens (tertiary/aromatic N) is 5. The first-order valence-electron chi connectivity index (χ1n) is 10.8. The molecule has 0 aromatic heterocycles. The third-order valence-electron chi connectivity index (χ3n) is 4.40. The van der Waals surface area contributed by atoms with E-state index in [9.17, 15) is 14.4 Å². The second-order valence-corrected chi connectivity index (χ2v) is 10.5. The van der Waals surface area contributed by atoms with Crippen LogP contribution in [0.25, 0.3) is 0 Å². The summed E-state index contributed by atoms with van der Waals surface area (Å²) in [6, 6.07) is 6.74. The second kappa shape index (κ2) is 10.5. The molecule has 4 amide bonds. The molecule has 0 radical (unpaired) electrons. The minimum absolute atomic E-state index is 0.00431. The molecule has 0 spiro atoms. The van der Waals surface area contributed by atoms with Crippen LogP contribution >= 0.6 is 11.6 Å². The van der Waals surface area contributed by atoms with E-state index in [0.29, 0.717) is 5.02 Å². The molecule has 11 heteroatoms. The van der Waals surface area contributed by atoms with Crippen LogP contribution in [0.5, 0.6) is 0 Å². The highest BCUT2D eigenvalue weighted by atomic mass is 35.5. The van der Waals surface area contributed by atoms with Crippen LogP contribution < -0.4 is 0 Å². The van der Waals surface area contributed by atoms with Crippen LogP contribution in [0.4, 0.5) is 14.4 Å². The Hall–Kier alpha value is -3.01. The quantitative estimate of drug-likeness (QED) is 0.440. The molecular formula is C23H34ClN5O5. The van der Waals surface area contributed by atoms with Crippen molar-refractivity contribution < 1.29 is 23.9 Å². The summed E-state index contributed by atoms with van der Waals surface area (Å²) in [5.74, 6) is 0.00431. The Morgan fingerprint density at radius 1 is 0.971 bits per heavy atom. The molecule has 1 aliphatic heterocycles. The predicted molar refractivity (Wildman–Crippen MR) is 129 cm³/mol. The average molecular weight is 496 g/mol. The Morgan fingerprint density at radius 3 is 1.94 bits per heavy atom. The zero-order valence-corrected chi connectivity index (χ0v) is 21.8. The fourth-order valence-electron chi connectivity index (χ4n) is 3.07. The van der Waals surface area contributed by atoms with Crippen LogP contribution in [0.2, 0.25) is 5.02 Å². The number of ether oxygens (including phenoxy) is 2. The van der Waals surface area contributed by atoms with E-state index in [4.69, 9.17) is 21.1 Å². The van der Waals surface area contributed by atoms with Gasteiger partial charge >= 0.3 is 18.2 Å². The van der Waals surface area contributed by atoms with Crippen molar-refractivity contribution in [3.8, 4) is 0 Å². The summed E-state index contributed by atoms with van der Waals surface area (Å²) in [5.41, 5.74) is -0.844. The lowest BCUT2D eigenvalue weighted by Gasteiger charge is -2.42. The zero-order chi connectivity index (χ0) is 25.8. The van der Waals surface area contributed by atoms with E-state index in [1.807, 2.05) is 0 Å². The van der Waals surface area contributed by atoms with Gasteiger partial charge in [-0.25, -0.2) is 19.3 Å². The van der Waals surface area contributed by atoms with Crippen LogP contribution in [0.1, 0.15) is 47.1 Å². The number of hydrogen-bond donors (Lipinski definition) is 0. The fraction of sp³-hybridized carbons (Fsp3) is 0.565. The second-order valence-electron chi connectivity index (χ2n) is 10.1. The lowest BCUT2D eigenvalue weighted by Crippen LogP contribution is -2.60. The van der Waals surface area contributed by atoms with Gasteiger partial charge in [-0.05, 0) is 59.2 Å². The number of benzene rings is 1. The highest BCUT2D eigenvalue weighted by molar-refractivity contribution is 6.30. The maximum Gasteiger partial charge on any atom is 0.437 e. The maximum absolute atomic E-state index is 13.3. The Balaban J connectivity index is 2.55. The standard InChI is InChI=1S/C23H34ClN5O5/c1-22(2,3)33-19(30)25-18(28-14-26(7)20(31)27(8)15-28)29(21(32)34-23(4,5)6)13-16-9-11-17(24)12-10-16/h9-12H,13-15H2,1-8H3. The molecule has 34 heavy (non-hydrogen) atoms. The molecular weight excluding hydrogens is 462 g/mol. The number of guanidine groups is 1. The summed E-state index contributed by atoms with van der Waals surface area (Å²) in [6.45, 7) is 10.7. The topological polar surface area (TPSA) is 95.0 Å². The summed E-state index contributed by atoms with van der Waals surface area (Å²) in [5, 5.41) is 0.549. The van der Waals surface area contributed by atoms with Crippen molar-refractivity contribution >= 4 is 35.8 Å². The molecule has 10 nitrogen and oxygen atoms in total. The van der Waals surface area contributed by atoms with Gasteiger partial charge in [0.05, 0.1) is 19.9 Å². The predicted octanol–water partition coefficient (Wildman–Crippen LogP) is 4.58. The van der Waals surface area contributed by atoms with Crippen molar-refractivity contribution in [2.75, 3.05) is 27.4 Å². The zero-order valence-electron chi connectivity index (χ0n) is 21.1. The number of urea groups is 1. The van der Waals surface area contributed by atoms with Crippen LogP contribution in [-0.2, 0) is 16.0 Å². The fourth-order valence-corrected chi connectivity index (χ4v) is 3.20. The first-order chi connectivity index (χ1) is 15.6. The summed E-state index contributed by atoms with van der Waals surface area (Å²) in [6.07, 6.45) is -1.57. The smallest absolute Gasteiger partial charge is 0.437 e. The summed E-state index contributed by atoms with van der Waals surface area (Å²) >= 11 is 6.02. The van der Waals surface area contributed by atoms with Crippen molar-refractivity contribution in [2.45, 2.75) is 59.3 Å². The maximum atomic E-state index is 13.3. The van der Waals surface area contributed by atoms with E-state index in [1.165, 1.54) is 14.7 Å². The van der Waals surface area contributed by atoms with Gasteiger partial charge in [0.15, 0.2) is 0 Å². The molecule has 0 unspecified atom stereocenters. The largest absolute Gasteiger partial charge is 0.443 e. The van der Waals surface area contributed by atoms with Gasteiger partial charge in [-0.15, -0.1) is 4.99 Å². The third kappa shape index (κ3) is 8.09.